The van der Waals surface area contributed by atoms with Crippen molar-refractivity contribution in [3.05, 3.63) is 35.1 Å². The molecule has 0 bridgehead atoms. The lowest BCUT2D eigenvalue weighted by atomic mass is 9.80. The molecule has 1 aliphatic carbocycles. The van der Waals surface area contributed by atoms with Gasteiger partial charge in [0, 0.05) is 5.33 Å². The van der Waals surface area contributed by atoms with Crippen LogP contribution in [0.1, 0.15) is 30.9 Å². The molecule has 0 N–H and O–H groups in total. The smallest absolute Gasteiger partial charge is 0.123 e. The van der Waals surface area contributed by atoms with Crippen molar-refractivity contribution in [3.63, 3.8) is 0 Å². The molecule has 1 aliphatic rings. The minimum atomic E-state index is -0.117. The number of aryl methyl sites for hydroxylation is 1. The zero-order valence-electron chi connectivity index (χ0n) is 9.89. The van der Waals surface area contributed by atoms with E-state index in [-0.39, 0.29) is 5.82 Å². The molecule has 0 aromatic heterocycles. The maximum absolute atomic E-state index is 13.2. The number of hydrogen-bond acceptors (Lipinski definition) is 0. The van der Waals surface area contributed by atoms with E-state index >= 15 is 0 Å². The summed E-state index contributed by atoms with van der Waals surface area (Å²) in [6, 6.07) is 5.12. The van der Waals surface area contributed by atoms with Gasteiger partial charge < -0.3 is 0 Å². The second-order valence-electron chi connectivity index (χ2n) is 5.31. The van der Waals surface area contributed by atoms with Crippen molar-refractivity contribution in [2.45, 2.75) is 33.1 Å². The number of alkyl halides is 1. The molecule has 1 aromatic rings. The number of hydrogen-bond donors (Lipinski definition) is 0. The molecule has 1 unspecified atom stereocenters. The molecule has 0 nitrogen and oxygen atoms in total. The molecule has 0 spiro atoms. The normalized spacial score (nSPS) is 19.5. The van der Waals surface area contributed by atoms with Crippen molar-refractivity contribution in [2.75, 3.05) is 5.33 Å². The van der Waals surface area contributed by atoms with Gasteiger partial charge in [-0.3, -0.25) is 0 Å². The lowest BCUT2D eigenvalue weighted by molar-refractivity contribution is 0.318. The van der Waals surface area contributed by atoms with Crippen molar-refractivity contribution in [2.24, 2.45) is 11.3 Å². The first-order valence-corrected chi connectivity index (χ1v) is 6.98. The summed E-state index contributed by atoms with van der Waals surface area (Å²) >= 11 is 3.62. The summed E-state index contributed by atoms with van der Waals surface area (Å²) in [7, 11) is 0. The maximum Gasteiger partial charge on any atom is 0.123 e. The molecule has 0 aliphatic heterocycles. The Morgan fingerprint density at radius 3 is 2.69 bits per heavy atom. The van der Waals surface area contributed by atoms with E-state index in [0.29, 0.717) is 5.41 Å². The van der Waals surface area contributed by atoms with Crippen molar-refractivity contribution in [1.29, 1.82) is 0 Å². The van der Waals surface area contributed by atoms with Crippen LogP contribution >= 0.6 is 15.9 Å². The van der Waals surface area contributed by atoms with Crippen molar-refractivity contribution < 1.29 is 4.39 Å². The van der Waals surface area contributed by atoms with Gasteiger partial charge in [-0.2, -0.15) is 0 Å². The Morgan fingerprint density at radius 1 is 1.44 bits per heavy atom. The molecule has 0 heterocycles. The first kappa shape index (κ1) is 12.1. The van der Waals surface area contributed by atoms with E-state index in [4.69, 9.17) is 0 Å². The average molecular weight is 285 g/mol. The fourth-order valence-corrected chi connectivity index (χ4v) is 3.00. The number of halogens is 2. The molecule has 2 rings (SSSR count). The summed E-state index contributed by atoms with van der Waals surface area (Å²) < 4.78 is 13.2. The first-order valence-electron chi connectivity index (χ1n) is 5.86. The Bertz CT molecular complexity index is 384. The highest BCUT2D eigenvalue weighted by Gasteiger charge is 2.40. The minimum Gasteiger partial charge on any atom is -0.207 e. The summed E-state index contributed by atoms with van der Waals surface area (Å²) in [5, 5.41) is 1.00. The van der Waals surface area contributed by atoms with E-state index in [1.807, 2.05) is 6.07 Å². The Hall–Kier alpha value is -0.370. The summed E-state index contributed by atoms with van der Waals surface area (Å²) in [5.74, 6) is 0.697. The van der Waals surface area contributed by atoms with Crippen molar-refractivity contribution in [3.8, 4) is 0 Å². The van der Waals surface area contributed by atoms with E-state index in [9.17, 15) is 4.39 Å². The van der Waals surface area contributed by atoms with Gasteiger partial charge in [0.2, 0.25) is 0 Å². The number of benzene rings is 1. The fourth-order valence-electron chi connectivity index (χ4n) is 2.35. The third-order valence-corrected chi connectivity index (χ3v) is 5.05. The fraction of sp³-hybridized carbons (Fsp3) is 0.571. The summed E-state index contributed by atoms with van der Waals surface area (Å²) in [5.41, 5.74) is 2.65. The summed E-state index contributed by atoms with van der Waals surface area (Å²) in [6.45, 7) is 4.38. The van der Waals surface area contributed by atoms with Gasteiger partial charge in [-0.15, -0.1) is 0 Å². The minimum absolute atomic E-state index is 0.117. The summed E-state index contributed by atoms with van der Waals surface area (Å²) in [6.07, 6.45) is 3.64. The van der Waals surface area contributed by atoms with Crippen LogP contribution in [0.2, 0.25) is 0 Å². The molecule has 16 heavy (non-hydrogen) atoms. The van der Waals surface area contributed by atoms with Crippen LogP contribution in [0.5, 0.6) is 0 Å². The maximum atomic E-state index is 13.2. The standard InChI is InChI=1S/C14H18BrF/c1-10-3-6-13(16)7-11(10)8-14(2,9-15)12-4-5-12/h3,6-7,12H,4-5,8-9H2,1-2H3. The molecular weight excluding hydrogens is 267 g/mol. The monoisotopic (exact) mass is 284 g/mol. The van der Waals surface area contributed by atoms with Gasteiger partial charge in [-0.05, 0) is 60.8 Å². The Balaban J connectivity index is 2.21. The topological polar surface area (TPSA) is 0 Å². The van der Waals surface area contributed by atoms with Gasteiger partial charge in [0.05, 0.1) is 0 Å². The highest BCUT2D eigenvalue weighted by Crippen LogP contribution is 2.48. The average Bonchev–Trinajstić information content (AvgIpc) is 3.07. The molecule has 1 aromatic carbocycles. The van der Waals surface area contributed by atoms with E-state index in [1.165, 1.54) is 18.4 Å². The van der Waals surface area contributed by atoms with Crippen LogP contribution in [0, 0.1) is 24.1 Å². The van der Waals surface area contributed by atoms with Crippen LogP contribution in [0.25, 0.3) is 0 Å². The van der Waals surface area contributed by atoms with Gasteiger partial charge in [0.15, 0.2) is 0 Å². The molecule has 2 heteroatoms. The van der Waals surface area contributed by atoms with E-state index in [2.05, 4.69) is 29.8 Å². The largest absolute Gasteiger partial charge is 0.207 e. The summed E-state index contributed by atoms with van der Waals surface area (Å²) in [4.78, 5) is 0. The van der Waals surface area contributed by atoms with Gasteiger partial charge >= 0.3 is 0 Å². The van der Waals surface area contributed by atoms with Crippen molar-refractivity contribution >= 4 is 15.9 Å². The van der Waals surface area contributed by atoms with Gasteiger partial charge in [0.25, 0.3) is 0 Å². The van der Waals surface area contributed by atoms with Crippen LogP contribution in [0.15, 0.2) is 18.2 Å². The molecule has 0 amide bonds. The highest BCUT2D eigenvalue weighted by atomic mass is 79.9. The predicted octanol–water partition coefficient (Wildman–Crippen LogP) is 4.49. The zero-order valence-corrected chi connectivity index (χ0v) is 11.5. The van der Waals surface area contributed by atoms with Crippen LogP contribution < -0.4 is 0 Å². The Labute approximate surface area is 105 Å². The second-order valence-corrected chi connectivity index (χ2v) is 5.87. The molecular formula is C14H18BrF. The molecule has 0 radical (unpaired) electrons. The van der Waals surface area contributed by atoms with Crippen LogP contribution in [-0.2, 0) is 6.42 Å². The van der Waals surface area contributed by atoms with E-state index in [1.54, 1.807) is 12.1 Å². The first-order chi connectivity index (χ1) is 7.55. The molecule has 1 fully saturated rings. The highest BCUT2D eigenvalue weighted by molar-refractivity contribution is 9.09. The SMILES string of the molecule is Cc1ccc(F)cc1CC(C)(CBr)C1CC1. The third kappa shape index (κ3) is 2.48. The van der Waals surface area contributed by atoms with E-state index in [0.717, 1.165) is 23.2 Å². The van der Waals surface area contributed by atoms with Crippen LogP contribution in [0.3, 0.4) is 0 Å². The third-order valence-electron chi connectivity index (χ3n) is 3.77. The van der Waals surface area contributed by atoms with Gasteiger partial charge in [-0.1, -0.05) is 28.9 Å². The van der Waals surface area contributed by atoms with Gasteiger partial charge in [0.1, 0.15) is 5.82 Å². The van der Waals surface area contributed by atoms with Gasteiger partial charge in [-0.25, -0.2) is 4.39 Å². The van der Waals surface area contributed by atoms with Crippen LogP contribution in [0.4, 0.5) is 4.39 Å². The van der Waals surface area contributed by atoms with Crippen molar-refractivity contribution in [1.82, 2.24) is 0 Å². The molecule has 1 saturated carbocycles. The molecule has 0 saturated heterocycles. The Morgan fingerprint density at radius 2 is 2.12 bits per heavy atom. The quantitative estimate of drug-likeness (QED) is 0.715. The molecule has 1 atom stereocenters. The number of rotatable bonds is 4. The Kier molecular flexibility index (Phi) is 3.39. The van der Waals surface area contributed by atoms with E-state index < -0.39 is 0 Å². The predicted molar refractivity (Wildman–Crippen MR) is 69.5 cm³/mol. The lowest BCUT2D eigenvalue weighted by Crippen LogP contribution is -2.24. The second kappa shape index (κ2) is 4.48. The zero-order chi connectivity index (χ0) is 11.8. The molecule has 88 valence electrons. The van der Waals surface area contributed by atoms with Crippen LogP contribution in [-0.4, -0.2) is 5.33 Å². The lowest BCUT2D eigenvalue weighted by Gasteiger charge is -2.28.